The van der Waals surface area contributed by atoms with Crippen molar-refractivity contribution in [1.82, 2.24) is 9.97 Å². The molecule has 2 aromatic rings. The number of hydrogen-bond acceptors (Lipinski definition) is 3. The van der Waals surface area contributed by atoms with Crippen LogP contribution >= 0.6 is 0 Å². The molecule has 1 aromatic carbocycles. The van der Waals surface area contributed by atoms with Gasteiger partial charge in [-0.2, -0.15) is 0 Å². The summed E-state index contributed by atoms with van der Waals surface area (Å²) >= 11 is 0. The van der Waals surface area contributed by atoms with Crippen molar-refractivity contribution in [3.63, 3.8) is 0 Å². The van der Waals surface area contributed by atoms with Crippen molar-refractivity contribution in [2.24, 2.45) is 0 Å². The van der Waals surface area contributed by atoms with Gasteiger partial charge in [0.05, 0.1) is 21.7 Å². The molecule has 0 unspecified atom stereocenters. The highest BCUT2D eigenvalue weighted by Gasteiger charge is 2.20. The lowest BCUT2D eigenvalue weighted by Crippen LogP contribution is -2.06. The third-order valence-corrected chi connectivity index (χ3v) is 6.21. The first-order valence-electron chi connectivity index (χ1n) is 7.82. The molecule has 0 atom stereocenters. The Morgan fingerprint density at radius 1 is 1.24 bits per heavy atom. The van der Waals surface area contributed by atoms with Gasteiger partial charge in [-0.25, -0.2) is 13.4 Å². The largest absolute Gasteiger partial charge is 0.342 e. The first-order valence-corrected chi connectivity index (χ1v) is 9.48. The van der Waals surface area contributed by atoms with Gasteiger partial charge in [0.25, 0.3) is 0 Å². The van der Waals surface area contributed by atoms with E-state index in [4.69, 9.17) is 0 Å². The fraction of sp³-hybridized carbons (Fsp3) is 0.562. The highest BCUT2D eigenvalue weighted by molar-refractivity contribution is 7.91. The zero-order chi connectivity index (χ0) is 14.9. The Bertz CT molecular complexity index is 728. The summed E-state index contributed by atoms with van der Waals surface area (Å²) in [5.74, 6) is 1.72. The molecule has 4 nitrogen and oxygen atoms in total. The van der Waals surface area contributed by atoms with Gasteiger partial charge in [-0.1, -0.05) is 26.2 Å². The van der Waals surface area contributed by atoms with Crippen LogP contribution in [0.4, 0.5) is 0 Å². The Morgan fingerprint density at radius 3 is 2.71 bits per heavy atom. The smallest absolute Gasteiger partial charge is 0.178 e. The molecule has 0 bridgehead atoms. The second kappa shape index (κ2) is 5.79. The summed E-state index contributed by atoms with van der Waals surface area (Å²) in [5.41, 5.74) is 1.71. The zero-order valence-corrected chi connectivity index (χ0v) is 13.2. The molecule has 1 fully saturated rings. The van der Waals surface area contributed by atoms with E-state index in [0.717, 1.165) is 16.9 Å². The number of sulfone groups is 1. The maximum atomic E-state index is 12.2. The minimum Gasteiger partial charge on any atom is -0.342 e. The highest BCUT2D eigenvalue weighted by Crippen LogP contribution is 2.32. The Morgan fingerprint density at radius 2 is 2.00 bits per heavy atom. The maximum absolute atomic E-state index is 12.2. The van der Waals surface area contributed by atoms with E-state index in [1.807, 2.05) is 13.0 Å². The van der Waals surface area contributed by atoms with Gasteiger partial charge in [0.15, 0.2) is 9.84 Å². The normalized spacial score (nSPS) is 17.4. The summed E-state index contributed by atoms with van der Waals surface area (Å²) in [6.07, 6.45) is 6.84. The standard InChI is InChI=1S/C16H22N2O2S/c1-2-10-21(19,20)13-8-9-14-15(11-13)18-16(17-14)12-6-4-3-5-7-12/h8-9,11-12H,2-7,10H2,1H3,(H,17,18). The molecule has 5 heteroatoms. The molecule has 0 spiro atoms. The predicted molar refractivity (Wildman–Crippen MR) is 84.3 cm³/mol. The third-order valence-electron chi connectivity index (χ3n) is 4.30. The van der Waals surface area contributed by atoms with Crippen LogP contribution in [0.5, 0.6) is 0 Å². The number of aromatic amines is 1. The zero-order valence-electron chi connectivity index (χ0n) is 12.4. The van der Waals surface area contributed by atoms with Crippen LogP contribution in [0.15, 0.2) is 23.1 Å². The van der Waals surface area contributed by atoms with Gasteiger partial charge in [-0.3, -0.25) is 0 Å². The molecule has 1 saturated carbocycles. The quantitative estimate of drug-likeness (QED) is 0.934. The fourth-order valence-corrected chi connectivity index (χ4v) is 4.50. The molecule has 114 valence electrons. The van der Waals surface area contributed by atoms with Crippen LogP contribution in [0.1, 0.15) is 57.2 Å². The number of nitrogens with one attached hydrogen (secondary N) is 1. The van der Waals surface area contributed by atoms with E-state index in [0.29, 0.717) is 17.2 Å². The second-order valence-corrected chi connectivity index (χ2v) is 8.06. The summed E-state index contributed by atoms with van der Waals surface area (Å²) in [4.78, 5) is 8.40. The molecule has 1 aliphatic rings. The number of H-pyrrole nitrogens is 1. The van der Waals surface area contributed by atoms with E-state index in [1.165, 1.54) is 32.1 Å². The number of nitrogens with zero attached hydrogens (tertiary/aromatic N) is 1. The van der Waals surface area contributed by atoms with Gasteiger partial charge in [-0.05, 0) is 37.5 Å². The molecule has 0 saturated heterocycles. The van der Waals surface area contributed by atoms with Crippen molar-refractivity contribution in [1.29, 1.82) is 0 Å². The number of fused-ring (bicyclic) bond motifs is 1. The number of imidazole rings is 1. The Balaban J connectivity index is 1.95. The van der Waals surface area contributed by atoms with Crippen LogP contribution < -0.4 is 0 Å². The van der Waals surface area contributed by atoms with Crippen LogP contribution in [0.3, 0.4) is 0 Å². The van der Waals surface area contributed by atoms with Gasteiger partial charge < -0.3 is 4.98 Å². The average Bonchev–Trinajstić information content (AvgIpc) is 2.91. The first-order chi connectivity index (χ1) is 10.1. The predicted octanol–water partition coefficient (Wildman–Crippen LogP) is 3.79. The number of benzene rings is 1. The van der Waals surface area contributed by atoms with Crippen LogP contribution in [-0.2, 0) is 9.84 Å². The average molecular weight is 306 g/mol. The monoisotopic (exact) mass is 306 g/mol. The Labute approximate surface area is 125 Å². The number of rotatable bonds is 4. The van der Waals surface area contributed by atoms with E-state index >= 15 is 0 Å². The number of hydrogen-bond donors (Lipinski definition) is 1. The summed E-state index contributed by atoms with van der Waals surface area (Å²) in [6.45, 7) is 1.88. The molecule has 0 amide bonds. The van der Waals surface area contributed by atoms with Gasteiger partial charge >= 0.3 is 0 Å². The van der Waals surface area contributed by atoms with Crippen LogP contribution in [-0.4, -0.2) is 24.1 Å². The van der Waals surface area contributed by atoms with Crippen molar-refractivity contribution in [3.05, 3.63) is 24.0 Å². The van der Waals surface area contributed by atoms with Gasteiger partial charge in [0.1, 0.15) is 5.82 Å². The van der Waals surface area contributed by atoms with Crippen molar-refractivity contribution in [3.8, 4) is 0 Å². The molecule has 21 heavy (non-hydrogen) atoms. The lowest BCUT2D eigenvalue weighted by Gasteiger charge is -2.18. The van der Waals surface area contributed by atoms with E-state index < -0.39 is 9.84 Å². The van der Waals surface area contributed by atoms with Crippen LogP contribution in [0.25, 0.3) is 11.0 Å². The van der Waals surface area contributed by atoms with E-state index in [2.05, 4.69) is 9.97 Å². The van der Waals surface area contributed by atoms with Crippen molar-refractivity contribution >= 4 is 20.9 Å². The molecule has 1 N–H and O–H groups in total. The molecule has 3 rings (SSSR count). The van der Waals surface area contributed by atoms with E-state index in [-0.39, 0.29) is 5.75 Å². The molecular weight excluding hydrogens is 284 g/mol. The molecule has 1 aromatic heterocycles. The van der Waals surface area contributed by atoms with E-state index in [9.17, 15) is 8.42 Å². The molecule has 1 aliphatic carbocycles. The van der Waals surface area contributed by atoms with Crippen LogP contribution in [0, 0.1) is 0 Å². The summed E-state index contributed by atoms with van der Waals surface area (Å²) in [6, 6.07) is 5.24. The van der Waals surface area contributed by atoms with Crippen molar-refractivity contribution in [2.75, 3.05) is 5.75 Å². The molecular formula is C16H22N2O2S. The summed E-state index contributed by atoms with van der Waals surface area (Å²) in [5, 5.41) is 0. The van der Waals surface area contributed by atoms with Crippen LogP contribution in [0.2, 0.25) is 0 Å². The van der Waals surface area contributed by atoms with Gasteiger partial charge in [0, 0.05) is 5.92 Å². The topological polar surface area (TPSA) is 62.8 Å². The molecule has 0 radical (unpaired) electrons. The highest BCUT2D eigenvalue weighted by atomic mass is 32.2. The Hall–Kier alpha value is -1.36. The van der Waals surface area contributed by atoms with Gasteiger partial charge in [0.2, 0.25) is 0 Å². The minimum atomic E-state index is -3.17. The minimum absolute atomic E-state index is 0.197. The SMILES string of the molecule is CCCS(=O)(=O)c1ccc2nc(C3CCCCC3)[nH]c2c1. The van der Waals surface area contributed by atoms with Crippen molar-refractivity contribution in [2.45, 2.75) is 56.3 Å². The number of aromatic nitrogens is 2. The summed E-state index contributed by atoms with van der Waals surface area (Å²) in [7, 11) is -3.17. The Kier molecular flexibility index (Phi) is 4.02. The second-order valence-electron chi connectivity index (χ2n) is 5.95. The summed E-state index contributed by atoms with van der Waals surface area (Å²) < 4.78 is 24.3. The lowest BCUT2D eigenvalue weighted by atomic mass is 9.89. The lowest BCUT2D eigenvalue weighted by molar-refractivity contribution is 0.431. The molecule has 1 heterocycles. The third kappa shape index (κ3) is 2.98. The van der Waals surface area contributed by atoms with Crippen molar-refractivity contribution < 1.29 is 8.42 Å². The van der Waals surface area contributed by atoms with E-state index in [1.54, 1.807) is 12.1 Å². The first kappa shape index (κ1) is 14.6. The maximum Gasteiger partial charge on any atom is 0.178 e. The molecule has 0 aliphatic heterocycles. The fourth-order valence-electron chi connectivity index (χ4n) is 3.16. The van der Waals surface area contributed by atoms with Gasteiger partial charge in [-0.15, -0.1) is 0 Å².